The van der Waals surface area contributed by atoms with Gasteiger partial charge in [0.05, 0.1) is 0 Å². The minimum Gasteiger partial charge on any atom is -0.376 e. The third-order valence-corrected chi connectivity index (χ3v) is 19.8. The first-order chi connectivity index (χ1) is 29.5. The van der Waals surface area contributed by atoms with Crippen LogP contribution in [0.5, 0.6) is 0 Å². The van der Waals surface area contributed by atoms with Crippen LogP contribution in [0.15, 0.2) is 164 Å². The zero-order valence-electron chi connectivity index (χ0n) is 35.5. The van der Waals surface area contributed by atoms with Crippen LogP contribution in [-0.4, -0.2) is 14.9 Å². The van der Waals surface area contributed by atoms with Gasteiger partial charge in [0, 0.05) is 70.6 Å². The van der Waals surface area contributed by atoms with Gasteiger partial charge >= 0.3 is 6.85 Å². The van der Waals surface area contributed by atoms with Crippen LogP contribution < -0.4 is 31.0 Å². The summed E-state index contributed by atoms with van der Waals surface area (Å²) in [6.07, 6.45) is 0. The summed E-state index contributed by atoms with van der Waals surface area (Å²) >= 11 is 1.97. The lowest BCUT2D eigenvalue weighted by atomic mass is 9.43. The number of hydrogen-bond acceptors (Lipinski definition) is 3. The van der Waals surface area contributed by atoms with Gasteiger partial charge in [-0.05, 0) is 97.1 Å². The van der Waals surface area contributed by atoms with Crippen LogP contribution in [0.2, 0.25) is 13.1 Å². The Kier molecular flexibility index (Phi) is 7.02. The SMILES string of the molecule is CC1(C)c2ccccc2C(C)(C)c2cc3c(cc21)-c1c2c(cc4c1sc1ccccc14)N1c4ccccc4[Si](C)(C)c4cccc(c41)B2N3c1ccc(-c2ccccc2)cc1. The van der Waals surface area contributed by atoms with Gasteiger partial charge in [0.2, 0.25) is 0 Å². The van der Waals surface area contributed by atoms with Crippen LogP contribution in [-0.2, 0) is 10.8 Å². The van der Waals surface area contributed by atoms with E-state index < -0.39 is 8.07 Å². The molecule has 0 N–H and O–H groups in total. The average Bonchev–Trinajstić information content (AvgIpc) is 3.66. The Morgan fingerprint density at radius 2 is 1.16 bits per heavy atom. The van der Waals surface area contributed by atoms with Crippen molar-refractivity contribution in [3.63, 3.8) is 0 Å². The standard InChI is InChI=1S/C56H45BN2SSi/c1-55(2)40-20-11-12-21-41(40)56(3,4)43-33-46-39(31-42(43)55)51-52-47(32-38-37-19-10-14-24-48(37)60-54(38)51)58-45-23-13-15-25-49(45)61(5,6)50-26-16-22-44(53(50)58)57(52)59(46)36-29-27-35(28-30-36)34-17-8-7-9-18-34/h7-33H,1-6H3. The molecule has 4 heterocycles. The summed E-state index contributed by atoms with van der Waals surface area (Å²) in [5, 5.41) is 5.71. The van der Waals surface area contributed by atoms with E-state index in [9.17, 15) is 0 Å². The maximum atomic E-state index is 2.74. The van der Waals surface area contributed by atoms with Gasteiger partial charge in [0.25, 0.3) is 0 Å². The van der Waals surface area contributed by atoms with Crippen LogP contribution in [0.1, 0.15) is 49.9 Å². The Bertz CT molecular complexity index is 3360. The molecule has 61 heavy (non-hydrogen) atoms. The number of fused-ring (bicyclic) bond motifs is 12. The van der Waals surface area contributed by atoms with Gasteiger partial charge in [-0.3, -0.25) is 0 Å². The number of thiophene rings is 1. The zero-order chi connectivity index (χ0) is 41.2. The molecule has 3 aliphatic heterocycles. The summed E-state index contributed by atoms with van der Waals surface area (Å²) < 4.78 is 2.73. The van der Waals surface area contributed by atoms with E-state index in [1.807, 2.05) is 11.3 Å². The number of nitrogens with zero attached hydrogens (tertiary/aromatic N) is 2. The molecule has 4 aliphatic rings. The molecule has 0 saturated carbocycles. The van der Waals surface area contributed by atoms with Crippen molar-refractivity contribution >= 4 is 96.2 Å². The highest BCUT2D eigenvalue weighted by Crippen LogP contribution is 2.57. The molecule has 1 aliphatic carbocycles. The summed E-state index contributed by atoms with van der Waals surface area (Å²) in [4.78, 5) is 5.42. The van der Waals surface area contributed by atoms with Crippen LogP contribution in [0.4, 0.5) is 28.4 Å². The summed E-state index contributed by atoms with van der Waals surface area (Å²) in [6.45, 7) is 14.9. The third-order valence-electron chi connectivity index (χ3n) is 15.1. The molecule has 0 atom stereocenters. The monoisotopic (exact) mass is 816 g/mol. The van der Waals surface area contributed by atoms with Gasteiger partial charge in [-0.15, -0.1) is 11.3 Å². The molecule has 0 saturated heterocycles. The minimum atomic E-state index is -2.10. The van der Waals surface area contributed by atoms with Gasteiger partial charge in [-0.2, -0.15) is 0 Å². The minimum absolute atomic E-state index is 0.0407. The highest BCUT2D eigenvalue weighted by Gasteiger charge is 2.52. The van der Waals surface area contributed by atoms with E-state index in [1.54, 1.807) is 0 Å². The largest absolute Gasteiger partial charge is 0.376 e. The number of para-hydroxylation sites is 2. The highest BCUT2D eigenvalue weighted by molar-refractivity contribution is 7.26. The van der Waals surface area contributed by atoms with E-state index in [2.05, 4.69) is 214 Å². The zero-order valence-corrected chi connectivity index (χ0v) is 37.3. The Balaban J connectivity index is 1.20. The van der Waals surface area contributed by atoms with Crippen LogP contribution in [0, 0.1) is 0 Å². The first-order valence-electron chi connectivity index (χ1n) is 21.8. The Hall–Kier alpha value is -6.14. The van der Waals surface area contributed by atoms with Crippen molar-refractivity contribution < 1.29 is 0 Å². The van der Waals surface area contributed by atoms with Crippen LogP contribution >= 0.6 is 11.3 Å². The van der Waals surface area contributed by atoms with Crippen molar-refractivity contribution in [1.29, 1.82) is 0 Å². The van der Waals surface area contributed by atoms with E-state index in [0.29, 0.717) is 0 Å². The van der Waals surface area contributed by atoms with E-state index in [1.165, 1.54) is 114 Å². The molecular formula is C56H45BN2SSi. The second-order valence-corrected chi connectivity index (χ2v) is 24.7. The van der Waals surface area contributed by atoms with E-state index in [4.69, 9.17) is 0 Å². The molecule has 2 nitrogen and oxygen atoms in total. The van der Waals surface area contributed by atoms with Crippen molar-refractivity contribution in [2.24, 2.45) is 0 Å². The van der Waals surface area contributed by atoms with Gasteiger partial charge < -0.3 is 9.71 Å². The fraction of sp³-hybridized carbons (Fsp3) is 0.143. The Labute approximate surface area is 363 Å². The molecule has 0 unspecified atom stereocenters. The number of rotatable bonds is 2. The van der Waals surface area contributed by atoms with Crippen molar-refractivity contribution in [1.82, 2.24) is 0 Å². The molecular weight excluding hydrogens is 772 g/mol. The maximum Gasteiger partial charge on any atom is 0.333 e. The molecule has 5 heteroatoms. The molecule has 0 spiro atoms. The molecule has 292 valence electrons. The lowest BCUT2D eigenvalue weighted by molar-refractivity contribution is 0.521. The molecule has 13 rings (SSSR count). The Morgan fingerprint density at radius 3 is 1.93 bits per heavy atom. The molecule has 9 aromatic rings. The highest BCUT2D eigenvalue weighted by atomic mass is 32.1. The summed E-state index contributed by atoms with van der Waals surface area (Å²) in [5.74, 6) is 0. The van der Waals surface area contributed by atoms with Crippen molar-refractivity contribution in [2.45, 2.75) is 51.6 Å². The van der Waals surface area contributed by atoms with Gasteiger partial charge in [0.15, 0.2) is 0 Å². The lowest BCUT2D eigenvalue weighted by Gasteiger charge is -2.51. The molecule has 8 aromatic carbocycles. The smallest absolute Gasteiger partial charge is 0.333 e. The number of benzene rings is 8. The van der Waals surface area contributed by atoms with E-state index >= 15 is 0 Å². The van der Waals surface area contributed by atoms with Crippen LogP contribution in [0.3, 0.4) is 0 Å². The number of anilines is 5. The second-order valence-electron chi connectivity index (χ2n) is 19.3. The third kappa shape index (κ3) is 4.53. The maximum absolute atomic E-state index is 2.74. The quantitative estimate of drug-likeness (QED) is 0.160. The van der Waals surface area contributed by atoms with Gasteiger partial charge in [0.1, 0.15) is 8.07 Å². The summed E-state index contributed by atoms with van der Waals surface area (Å²) in [5.41, 5.74) is 19.9. The number of hydrogen-bond donors (Lipinski definition) is 0. The predicted molar refractivity (Wildman–Crippen MR) is 266 cm³/mol. The van der Waals surface area contributed by atoms with Gasteiger partial charge in [-0.25, -0.2) is 0 Å². The lowest BCUT2D eigenvalue weighted by Crippen LogP contribution is -2.67. The van der Waals surface area contributed by atoms with E-state index in [-0.39, 0.29) is 17.7 Å². The van der Waals surface area contributed by atoms with Crippen molar-refractivity contribution in [2.75, 3.05) is 9.71 Å². The van der Waals surface area contributed by atoms with Gasteiger partial charge in [-0.1, -0.05) is 162 Å². The second kappa shape index (κ2) is 12.0. The first-order valence-corrected chi connectivity index (χ1v) is 25.6. The molecule has 0 amide bonds. The molecule has 1 aromatic heterocycles. The average molecular weight is 817 g/mol. The molecule has 0 bridgehead atoms. The molecule has 0 fully saturated rings. The fourth-order valence-electron chi connectivity index (χ4n) is 12.0. The normalized spacial score (nSPS) is 16.7. The van der Waals surface area contributed by atoms with Crippen LogP contribution in [0.25, 0.3) is 42.4 Å². The van der Waals surface area contributed by atoms with Crippen molar-refractivity contribution in [3.8, 4) is 22.3 Å². The summed E-state index contributed by atoms with van der Waals surface area (Å²) in [6, 6.07) is 62.9. The van der Waals surface area contributed by atoms with Crippen molar-refractivity contribution in [3.05, 3.63) is 186 Å². The topological polar surface area (TPSA) is 6.48 Å². The Morgan fingerprint density at radius 1 is 0.525 bits per heavy atom. The molecule has 0 radical (unpaired) electrons. The summed E-state index contributed by atoms with van der Waals surface area (Å²) in [7, 11) is -2.10. The predicted octanol–water partition coefficient (Wildman–Crippen LogP) is 12.5. The fourth-order valence-corrected chi connectivity index (χ4v) is 16.3. The first kappa shape index (κ1) is 35.6. The van der Waals surface area contributed by atoms with E-state index in [0.717, 1.165) is 0 Å².